The first-order chi connectivity index (χ1) is 14.0. The van der Waals surface area contributed by atoms with E-state index < -0.39 is 0 Å². The minimum atomic E-state index is -0.140. The standard InChI is InChI=1S/C22H20ClN3O2S/c1-26(11-14-7-9-15(28-2)10-8-14)12-19-24-21(27)20-17(13-29-22(20)25-19)16-5-3-4-6-18(16)23/h3-10,13H,11-12H2,1-2H3,(H,24,25,27). The van der Waals surface area contributed by atoms with Gasteiger partial charge in [0.15, 0.2) is 0 Å². The van der Waals surface area contributed by atoms with E-state index in [1.54, 1.807) is 7.11 Å². The Balaban J connectivity index is 1.57. The molecule has 7 heteroatoms. The molecule has 0 saturated heterocycles. The topological polar surface area (TPSA) is 58.2 Å². The molecule has 0 fully saturated rings. The zero-order chi connectivity index (χ0) is 20.4. The Morgan fingerprint density at radius 3 is 2.59 bits per heavy atom. The lowest BCUT2D eigenvalue weighted by atomic mass is 10.1. The van der Waals surface area contributed by atoms with Crippen LogP contribution in [0.1, 0.15) is 11.4 Å². The van der Waals surface area contributed by atoms with Crippen LogP contribution in [0.4, 0.5) is 0 Å². The highest BCUT2D eigenvalue weighted by molar-refractivity contribution is 7.17. The van der Waals surface area contributed by atoms with Crippen molar-refractivity contribution in [3.63, 3.8) is 0 Å². The molecule has 0 bridgehead atoms. The molecule has 4 rings (SSSR count). The summed E-state index contributed by atoms with van der Waals surface area (Å²) in [6.07, 6.45) is 0. The quantitative estimate of drug-likeness (QED) is 0.475. The summed E-state index contributed by atoms with van der Waals surface area (Å²) < 4.78 is 5.19. The number of H-pyrrole nitrogens is 1. The molecule has 0 aliphatic carbocycles. The van der Waals surface area contributed by atoms with Crippen LogP contribution >= 0.6 is 22.9 Å². The van der Waals surface area contributed by atoms with E-state index in [0.29, 0.717) is 22.8 Å². The molecule has 0 aliphatic rings. The summed E-state index contributed by atoms with van der Waals surface area (Å²) in [5.41, 5.74) is 2.69. The Kier molecular flexibility index (Phi) is 5.67. The number of hydrogen-bond donors (Lipinski definition) is 1. The Morgan fingerprint density at radius 2 is 1.86 bits per heavy atom. The lowest BCUT2D eigenvalue weighted by molar-refractivity contribution is 0.310. The van der Waals surface area contributed by atoms with Gasteiger partial charge in [-0.05, 0) is 30.8 Å². The molecule has 0 atom stereocenters. The predicted molar refractivity (Wildman–Crippen MR) is 119 cm³/mol. The third kappa shape index (κ3) is 4.19. The number of aromatic nitrogens is 2. The molecule has 0 saturated carbocycles. The molecular formula is C22H20ClN3O2S. The summed E-state index contributed by atoms with van der Waals surface area (Å²) in [5.74, 6) is 1.48. The number of rotatable bonds is 6. The summed E-state index contributed by atoms with van der Waals surface area (Å²) in [4.78, 5) is 23.3. The average molecular weight is 426 g/mol. The maximum Gasteiger partial charge on any atom is 0.260 e. The number of halogens is 1. The van der Waals surface area contributed by atoms with Gasteiger partial charge in [-0.2, -0.15) is 0 Å². The molecule has 0 radical (unpaired) electrons. The van der Waals surface area contributed by atoms with Crippen LogP contribution in [0.25, 0.3) is 21.3 Å². The highest BCUT2D eigenvalue weighted by atomic mass is 35.5. The normalized spacial score (nSPS) is 11.3. The van der Waals surface area contributed by atoms with Crippen LogP contribution in [0.3, 0.4) is 0 Å². The molecule has 2 heterocycles. The Hall–Kier alpha value is -2.67. The van der Waals surface area contributed by atoms with Gasteiger partial charge < -0.3 is 9.72 Å². The minimum Gasteiger partial charge on any atom is -0.497 e. The van der Waals surface area contributed by atoms with Crippen LogP contribution in [0.15, 0.2) is 58.7 Å². The number of aromatic amines is 1. The molecule has 29 heavy (non-hydrogen) atoms. The summed E-state index contributed by atoms with van der Waals surface area (Å²) >= 11 is 7.78. The number of benzene rings is 2. The molecule has 148 valence electrons. The van der Waals surface area contributed by atoms with Crippen molar-refractivity contribution in [2.45, 2.75) is 13.1 Å². The first-order valence-electron chi connectivity index (χ1n) is 9.12. The number of nitrogens with zero attached hydrogens (tertiary/aromatic N) is 2. The Labute approximate surface area is 177 Å². The van der Waals surface area contributed by atoms with E-state index in [9.17, 15) is 4.79 Å². The van der Waals surface area contributed by atoms with Crippen molar-refractivity contribution in [1.82, 2.24) is 14.9 Å². The van der Waals surface area contributed by atoms with Gasteiger partial charge in [-0.25, -0.2) is 4.98 Å². The highest BCUT2D eigenvalue weighted by Crippen LogP contribution is 2.34. The largest absolute Gasteiger partial charge is 0.497 e. The molecule has 2 aromatic heterocycles. The van der Waals surface area contributed by atoms with Crippen LogP contribution in [-0.4, -0.2) is 29.0 Å². The van der Waals surface area contributed by atoms with Gasteiger partial charge in [0.25, 0.3) is 5.56 Å². The van der Waals surface area contributed by atoms with Gasteiger partial charge in [0, 0.05) is 28.1 Å². The van der Waals surface area contributed by atoms with E-state index in [0.717, 1.165) is 33.8 Å². The van der Waals surface area contributed by atoms with Gasteiger partial charge in [0.05, 0.1) is 19.0 Å². The second-order valence-electron chi connectivity index (χ2n) is 6.84. The Morgan fingerprint density at radius 1 is 1.10 bits per heavy atom. The van der Waals surface area contributed by atoms with Crippen LogP contribution in [0, 0.1) is 0 Å². The van der Waals surface area contributed by atoms with Crippen molar-refractivity contribution in [3.05, 3.63) is 80.7 Å². The second kappa shape index (κ2) is 8.37. The minimum absolute atomic E-state index is 0.140. The van der Waals surface area contributed by atoms with Gasteiger partial charge in [0.2, 0.25) is 0 Å². The zero-order valence-corrected chi connectivity index (χ0v) is 17.7. The zero-order valence-electron chi connectivity index (χ0n) is 16.1. The van der Waals surface area contributed by atoms with Crippen molar-refractivity contribution < 1.29 is 4.74 Å². The number of ether oxygens (including phenoxy) is 1. The molecule has 0 unspecified atom stereocenters. The fourth-order valence-electron chi connectivity index (χ4n) is 3.30. The van der Waals surface area contributed by atoms with Crippen molar-refractivity contribution in [3.8, 4) is 16.9 Å². The Bertz CT molecular complexity index is 1200. The van der Waals surface area contributed by atoms with E-state index in [1.165, 1.54) is 11.3 Å². The summed E-state index contributed by atoms with van der Waals surface area (Å²) in [7, 11) is 3.65. The van der Waals surface area contributed by atoms with Crippen molar-refractivity contribution in [2.75, 3.05) is 14.2 Å². The summed E-state index contributed by atoms with van der Waals surface area (Å²) in [5, 5.41) is 3.15. The molecule has 4 aromatic rings. The molecule has 0 amide bonds. The predicted octanol–water partition coefficient (Wildman–Crippen LogP) is 4.95. The van der Waals surface area contributed by atoms with Crippen LogP contribution in [0.5, 0.6) is 5.75 Å². The van der Waals surface area contributed by atoms with E-state index in [2.05, 4.69) is 14.9 Å². The number of nitrogens with one attached hydrogen (secondary N) is 1. The van der Waals surface area contributed by atoms with Gasteiger partial charge in [-0.1, -0.05) is 41.9 Å². The van der Waals surface area contributed by atoms with Crippen molar-refractivity contribution in [1.29, 1.82) is 0 Å². The monoisotopic (exact) mass is 425 g/mol. The molecule has 5 nitrogen and oxygen atoms in total. The lowest BCUT2D eigenvalue weighted by Gasteiger charge is -2.16. The van der Waals surface area contributed by atoms with Gasteiger partial charge in [0.1, 0.15) is 16.4 Å². The second-order valence-corrected chi connectivity index (χ2v) is 8.11. The van der Waals surface area contributed by atoms with E-state index in [4.69, 9.17) is 16.3 Å². The number of hydrogen-bond acceptors (Lipinski definition) is 5. The lowest BCUT2D eigenvalue weighted by Crippen LogP contribution is -2.21. The average Bonchev–Trinajstić information content (AvgIpc) is 3.13. The first-order valence-corrected chi connectivity index (χ1v) is 10.4. The van der Waals surface area contributed by atoms with Crippen molar-refractivity contribution >= 4 is 33.2 Å². The molecule has 0 spiro atoms. The number of fused-ring (bicyclic) bond motifs is 1. The van der Waals surface area contributed by atoms with Crippen LogP contribution in [-0.2, 0) is 13.1 Å². The maximum atomic E-state index is 12.8. The fraction of sp³-hybridized carbons (Fsp3) is 0.182. The number of thiophene rings is 1. The summed E-state index contributed by atoms with van der Waals surface area (Å²) in [6, 6.07) is 15.5. The first kappa shape index (κ1) is 19.6. The molecule has 2 aromatic carbocycles. The molecule has 1 N–H and O–H groups in total. The maximum absolute atomic E-state index is 12.8. The molecule has 0 aliphatic heterocycles. The summed E-state index contributed by atoms with van der Waals surface area (Å²) in [6.45, 7) is 1.28. The van der Waals surface area contributed by atoms with E-state index >= 15 is 0 Å². The molecular weight excluding hydrogens is 406 g/mol. The van der Waals surface area contributed by atoms with Gasteiger partial charge >= 0.3 is 0 Å². The third-order valence-electron chi connectivity index (χ3n) is 4.69. The SMILES string of the molecule is COc1ccc(CN(C)Cc2nc3scc(-c4ccccc4Cl)c3c(=O)[nH]2)cc1. The fourth-order valence-corrected chi connectivity index (χ4v) is 4.50. The van der Waals surface area contributed by atoms with Crippen LogP contribution < -0.4 is 10.3 Å². The van der Waals surface area contributed by atoms with E-state index in [1.807, 2.05) is 61.0 Å². The van der Waals surface area contributed by atoms with Crippen LogP contribution in [0.2, 0.25) is 5.02 Å². The van der Waals surface area contributed by atoms with E-state index in [-0.39, 0.29) is 5.56 Å². The van der Waals surface area contributed by atoms with Crippen molar-refractivity contribution in [2.24, 2.45) is 0 Å². The smallest absolute Gasteiger partial charge is 0.260 e. The van der Waals surface area contributed by atoms with Gasteiger partial charge in [-0.15, -0.1) is 11.3 Å². The highest BCUT2D eigenvalue weighted by Gasteiger charge is 2.15. The van der Waals surface area contributed by atoms with Gasteiger partial charge in [-0.3, -0.25) is 9.69 Å². The third-order valence-corrected chi connectivity index (χ3v) is 5.89. The number of methoxy groups -OCH3 is 1.